The zero-order chi connectivity index (χ0) is 24.5. The first-order valence-corrected chi connectivity index (χ1v) is 12.8. The Morgan fingerprint density at radius 3 is 2.37 bits per heavy atom. The summed E-state index contributed by atoms with van der Waals surface area (Å²) in [4.78, 5) is 16.9. The van der Waals surface area contributed by atoms with Gasteiger partial charge in [0.05, 0.1) is 19.0 Å². The number of carbonyl (C=O) groups is 1. The van der Waals surface area contributed by atoms with Crippen molar-refractivity contribution in [3.63, 3.8) is 0 Å². The molecule has 0 saturated carbocycles. The summed E-state index contributed by atoms with van der Waals surface area (Å²) >= 11 is 19.2. The van der Waals surface area contributed by atoms with Crippen LogP contribution < -0.4 is 4.74 Å². The summed E-state index contributed by atoms with van der Waals surface area (Å²) in [5.74, 6) is 0.402. The maximum absolute atomic E-state index is 12.5. The van der Waals surface area contributed by atoms with Gasteiger partial charge < -0.3 is 9.47 Å². The molecule has 0 spiro atoms. The van der Waals surface area contributed by atoms with Crippen LogP contribution in [0, 0.1) is 0 Å². The fraction of sp³-hybridized carbons (Fsp3) is 0.0370. The van der Waals surface area contributed by atoms with Crippen molar-refractivity contribution in [2.24, 2.45) is 4.99 Å². The lowest BCUT2D eigenvalue weighted by Gasteiger charge is -2.12. The van der Waals surface area contributed by atoms with E-state index in [0.717, 1.165) is 27.5 Å². The van der Waals surface area contributed by atoms with E-state index >= 15 is 0 Å². The third kappa shape index (κ3) is 5.31. The molecule has 5 rings (SSSR count). The van der Waals surface area contributed by atoms with Gasteiger partial charge in [0.25, 0.3) is 0 Å². The van der Waals surface area contributed by atoms with Crippen molar-refractivity contribution < 1.29 is 14.3 Å². The zero-order valence-electron chi connectivity index (χ0n) is 17.9. The second-order valence-electron chi connectivity index (χ2n) is 7.75. The third-order valence-corrected chi connectivity index (χ3v) is 7.23. The van der Waals surface area contributed by atoms with E-state index in [1.54, 1.807) is 18.2 Å². The van der Waals surface area contributed by atoms with Gasteiger partial charge in [0.1, 0.15) is 12.4 Å². The Balaban J connectivity index is 1.38. The number of halogens is 4. The molecule has 0 aromatic heterocycles. The van der Waals surface area contributed by atoms with Crippen LogP contribution in [0.4, 0.5) is 0 Å². The van der Waals surface area contributed by atoms with E-state index < -0.39 is 5.97 Å². The summed E-state index contributed by atoms with van der Waals surface area (Å²) in [6.45, 7) is 0.306. The van der Waals surface area contributed by atoms with Crippen molar-refractivity contribution in [2.75, 3.05) is 0 Å². The molecular weight excluding hydrogens is 617 g/mol. The maximum Gasteiger partial charge on any atom is 0.363 e. The Morgan fingerprint density at radius 1 is 0.886 bits per heavy atom. The highest BCUT2D eigenvalue weighted by atomic mass is 79.9. The minimum absolute atomic E-state index is 0.219. The number of benzene rings is 4. The predicted molar refractivity (Wildman–Crippen MR) is 147 cm³/mol. The highest BCUT2D eigenvalue weighted by molar-refractivity contribution is 9.11. The van der Waals surface area contributed by atoms with Crippen LogP contribution in [0.25, 0.3) is 16.8 Å². The summed E-state index contributed by atoms with van der Waals surface area (Å²) < 4.78 is 12.8. The number of ether oxygens (including phenoxy) is 2. The molecule has 0 N–H and O–H groups in total. The smallest absolute Gasteiger partial charge is 0.363 e. The molecule has 0 bridgehead atoms. The van der Waals surface area contributed by atoms with Gasteiger partial charge in [-0.05, 0) is 96.2 Å². The van der Waals surface area contributed by atoms with E-state index in [2.05, 4.69) is 36.9 Å². The van der Waals surface area contributed by atoms with E-state index in [4.69, 9.17) is 32.7 Å². The van der Waals surface area contributed by atoms with Crippen LogP contribution in [-0.2, 0) is 16.1 Å². The van der Waals surface area contributed by atoms with Crippen molar-refractivity contribution in [1.82, 2.24) is 0 Å². The zero-order valence-corrected chi connectivity index (χ0v) is 22.6. The Kier molecular flexibility index (Phi) is 6.98. The second-order valence-corrected chi connectivity index (χ2v) is 10.3. The summed E-state index contributed by atoms with van der Waals surface area (Å²) in [6.07, 6.45) is 1.68. The van der Waals surface area contributed by atoms with E-state index in [1.807, 2.05) is 60.7 Å². The van der Waals surface area contributed by atoms with Gasteiger partial charge in [-0.15, -0.1) is 0 Å². The number of fused-ring (bicyclic) bond motifs is 1. The van der Waals surface area contributed by atoms with Crippen molar-refractivity contribution in [1.29, 1.82) is 0 Å². The lowest BCUT2D eigenvalue weighted by molar-refractivity contribution is -0.129. The first-order valence-electron chi connectivity index (χ1n) is 10.4. The number of cyclic esters (lactones) is 1. The van der Waals surface area contributed by atoms with Crippen LogP contribution in [0.3, 0.4) is 0 Å². The van der Waals surface area contributed by atoms with Gasteiger partial charge in [-0.25, -0.2) is 9.79 Å². The number of carbonyl (C=O) groups excluding carboxylic acids is 1. The highest BCUT2D eigenvalue weighted by Gasteiger charge is 2.24. The minimum Gasteiger partial charge on any atom is -0.487 e. The molecule has 1 aliphatic rings. The van der Waals surface area contributed by atoms with Gasteiger partial charge >= 0.3 is 5.97 Å². The van der Waals surface area contributed by atoms with Crippen molar-refractivity contribution in [3.8, 4) is 5.75 Å². The second kappa shape index (κ2) is 10.2. The quantitative estimate of drug-likeness (QED) is 0.164. The van der Waals surface area contributed by atoms with Gasteiger partial charge in [-0.1, -0.05) is 59.6 Å². The highest BCUT2D eigenvalue weighted by Crippen LogP contribution is 2.36. The fourth-order valence-electron chi connectivity index (χ4n) is 3.60. The molecule has 4 aromatic rings. The molecular formula is C27H15Br2Cl2NO3. The average Bonchev–Trinajstić information content (AvgIpc) is 3.20. The van der Waals surface area contributed by atoms with E-state index in [0.29, 0.717) is 31.3 Å². The van der Waals surface area contributed by atoms with Gasteiger partial charge in [-0.3, -0.25) is 0 Å². The number of rotatable bonds is 5. The van der Waals surface area contributed by atoms with Crippen LogP contribution in [0.15, 0.2) is 92.4 Å². The molecule has 0 radical (unpaired) electrons. The van der Waals surface area contributed by atoms with Crippen LogP contribution >= 0.6 is 55.1 Å². The van der Waals surface area contributed by atoms with Crippen LogP contribution in [0.5, 0.6) is 5.75 Å². The molecule has 0 saturated heterocycles. The average molecular weight is 632 g/mol. The summed E-state index contributed by atoms with van der Waals surface area (Å²) in [5, 5.41) is 3.12. The first-order chi connectivity index (χ1) is 16.9. The number of hydrogen-bond donors (Lipinski definition) is 0. The molecule has 8 heteroatoms. The Labute approximate surface area is 228 Å². The molecule has 35 heavy (non-hydrogen) atoms. The molecule has 1 heterocycles. The van der Waals surface area contributed by atoms with Crippen molar-refractivity contribution in [2.45, 2.75) is 6.61 Å². The SMILES string of the molecule is O=C1OC(c2ccc3ccccc3c2)=N/C1=C\c1cc(Br)c(OCc2ccc(Cl)c(Cl)c2)c(Br)c1. The number of esters is 1. The van der Waals surface area contributed by atoms with Crippen LogP contribution in [0.1, 0.15) is 16.7 Å². The Bertz CT molecular complexity index is 1530. The van der Waals surface area contributed by atoms with E-state index in [9.17, 15) is 4.79 Å². The minimum atomic E-state index is -0.500. The lowest BCUT2D eigenvalue weighted by Crippen LogP contribution is -2.05. The van der Waals surface area contributed by atoms with E-state index in [1.165, 1.54) is 0 Å². The van der Waals surface area contributed by atoms with Gasteiger partial charge in [0.2, 0.25) is 5.90 Å². The molecule has 1 aliphatic heterocycles. The Morgan fingerprint density at radius 2 is 1.63 bits per heavy atom. The number of aliphatic imine (C=N–C) groups is 1. The summed E-state index contributed by atoms with van der Waals surface area (Å²) in [7, 11) is 0. The van der Waals surface area contributed by atoms with E-state index in [-0.39, 0.29) is 11.6 Å². The summed E-state index contributed by atoms with van der Waals surface area (Å²) in [6, 6.07) is 22.9. The summed E-state index contributed by atoms with van der Waals surface area (Å²) in [5.41, 5.74) is 2.60. The molecule has 4 aromatic carbocycles. The lowest BCUT2D eigenvalue weighted by atomic mass is 10.1. The van der Waals surface area contributed by atoms with Crippen LogP contribution in [-0.4, -0.2) is 11.9 Å². The topological polar surface area (TPSA) is 47.9 Å². The largest absolute Gasteiger partial charge is 0.487 e. The number of hydrogen-bond acceptors (Lipinski definition) is 4. The number of nitrogens with zero attached hydrogens (tertiary/aromatic N) is 1. The van der Waals surface area contributed by atoms with Gasteiger partial charge in [0, 0.05) is 5.56 Å². The Hall–Kier alpha value is -2.64. The molecule has 0 fully saturated rings. The first kappa shape index (κ1) is 24.1. The molecule has 0 unspecified atom stereocenters. The monoisotopic (exact) mass is 629 g/mol. The van der Waals surface area contributed by atoms with Gasteiger partial charge in [-0.2, -0.15) is 0 Å². The normalized spacial score (nSPS) is 14.3. The predicted octanol–water partition coefficient (Wildman–Crippen LogP) is 8.60. The maximum atomic E-state index is 12.5. The third-order valence-electron chi connectivity index (χ3n) is 5.31. The van der Waals surface area contributed by atoms with Crippen molar-refractivity contribution in [3.05, 3.63) is 114 Å². The molecule has 0 aliphatic carbocycles. The molecule has 0 amide bonds. The van der Waals surface area contributed by atoms with Crippen molar-refractivity contribution >= 4 is 83.8 Å². The van der Waals surface area contributed by atoms with Gasteiger partial charge in [0.15, 0.2) is 5.70 Å². The standard InChI is InChI=1S/C27H15Br2Cl2NO3/c28-20-9-16(10-21(29)25(20)34-14-15-5-8-22(30)23(31)11-15)12-24-27(33)35-26(32-24)19-7-6-17-3-1-2-4-18(17)13-19/h1-13H,14H2/b24-12-. The molecule has 4 nitrogen and oxygen atoms in total. The molecule has 0 atom stereocenters. The molecule has 174 valence electrons. The van der Waals surface area contributed by atoms with Crippen LogP contribution in [0.2, 0.25) is 10.0 Å². The fourth-order valence-corrected chi connectivity index (χ4v) is 5.37.